The summed E-state index contributed by atoms with van der Waals surface area (Å²) in [4.78, 5) is 30.0. The molecule has 1 atom stereocenters. The molecule has 1 aromatic carbocycles. The molecule has 0 bridgehead atoms. The van der Waals surface area contributed by atoms with Gasteiger partial charge in [-0.3, -0.25) is 9.59 Å². The molecule has 27 heavy (non-hydrogen) atoms. The molecule has 4 rings (SSSR count). The Labute approximate surface area is 159 Å². The molecule has 0 saturated heterocycles. The van der Waals surface area contributed by atoms with Gasteiger partial charge in [-0.05, 0) is 36.1 Å². The molecule has 2 aliphatic rings. The highest BCUT2D eigenvalue weighted by molar-refractivity contribution is 5.96. The van der Waals surface area contributed by atoms with Gasteiger partial charge in [0.2, 0.25) is 5.91 Å². The molecule has 5 nitrogen and oxygen atoms in total. The third-order valence-electron chi connectivity index (χ3n) is 6.00. The topological polar surface area (TPSA) is 53.8 Å². The lowest BCUT2D eigenvalue weighted by atomic mass is 9.91. The van der Waals surface area contributed by atoms with Crippen molar-refractivity contribution < 1.29 is 14.0 Å². The van der Waals surface area contributed by atoms with E-state index in [-0.39, 0.29) is 23.6 Å². The van der Waals surface area contributed by atoms with E-state index in [1.54, 1.807) is 17.0 Å². The van der Waals surface area contributed by atoms with Crippen LogP contribution in [0.4, 0.5) is 0 Å². The maximum atomic E-state index is 13.4. The molecule has 142 valence electrons. The summed E-state index contributed by atoms with van der Waals surface area (Å²) in [5, 5.41) is 0. The van der Waals surface area contributed by atoms with E-state index in [0.29, 0.717) is 13.0 Å². The average molecular weight is 366 g/mol. The number of hydrogen-bond acceptors (Lipinski definition) is 3. The van der Waals surface area contributed by atoms with Crippen LogP contribution in [0.15, 0.2) is 47.1 Å². The Hall–Kier alpha value is -2.56. The predicted octanol–water partition coefficient (Wildman–Crippen LogP) is 3.64. The number of rotatable bonds is 3. The fourth-order valence-corrected chi connectivity index (χ4v) is 4.38. The van der Waals surface area contributed by atoms with Gasteiger partial charge in [-0.15, -0.1) is 0 Å². The largest absolute Gasteiger partial charge is 0.459 e. The third kappa shape index (κ3) is 3.51. The van der Waals surface area contributed by atoms with Crippen LogP contribution in [0.3, 0.4) is 0 Å². The highest BCUT2D eigenvalue weighted by Gasteiger charge is 2.38. The molecule has 1 aliphatic carbocycles. The second-order valence-electron chi connectivity index (χ2n) is 7.64. The van der Waals surface area contributed by atoms with Crippen LogP contribution in [-0.4, -0.2) is 40.7 Å². The third-order valence-corrected chi connectivity index (χ3v) is 6.00. The Bertz CT molecular complexity index is 809. The number of carbonyl (C=O) groups excluding carboxylic acids is 2. The molecular formula is C22H26N2O3. The lowest BCUT2D eigenvalue weighted by Gasteiger charge is -2.40. The number of benzene rings is 1. The SMILES string of the molecule is CN(C(=O)C1Cc2ccccc2CN1C(=O)c1ccco1)C1CCCCC1. The van der Waals surface area contributed by atoms with Crippen LogP contribution in [-0.2, 0) is 17.8 Å². The minimum atomic E-state index is -0.482. The minimum Gasteiger partial charge on any atom is -0.459 e. The zero-order valence-electron chi connectivity index (χ0n) is 15.8. The maximum Gasteiger partial charge on any atom is 0.290 e. The molecule has 0 spiro atoms. The van der Waals surface area contributed by atoms with Gasteiger partial charge in [0.1, 0.15) is 6.04 Å². The van der Waals surface area contributed by atoms with E-state index in [4.69, 9.17) is 4.42 Å². The van der Waals surface area contributed by atoms with Gasteiger partial charge in [0.25, 0.3) is 5.91 Å². The van der Waals surface area contributed by atoms with Crippen molar-refractivity contribution in [3.05, 3.63) is 59.5 Å². The van der Waals surface area contributed by atoms with Gasteiger partial charge < -0.3 is 14.2 Å². The predicted molar refractivity (Wildman–Crippen MR) is 102 cm³/mol. The second kappa shape index (κ2) is 7.59. The van der Waals surface area contributed by atoms with E-state index >= 15 is 0 Å². The first-order valence-electron chi connectivity index (χ1n) is 9.83. The van der Waals surface area contributed by atoms with Crippen molar-refractivity contribution in [1.82, 2.24) is 9.80 Å². The van der Waals surface area contributed by atoms with Crippen molar-refractivity contribution in [3.8, 4) is 0 Å². The summed E-state index contributed by atoms with van der Waals surface area (Å²) >= 11 is 0. The smallest absolute Gasteiger partial charge is 0.290 e. The van der Waals surface area contributed by atoms with Gasteiger partial charge in [0, 0.05) is 26.1 Å². The van der Waals surface area contributed by atoms with Crippen LogP contribution in [0.25, 0.3) is 0 Å². The number of amides is 2. The van der Waals surface area contributed by atoms with Crippen LogP contribution >= 0.6 is 0 Å². The van der Waals surface area contributed by atoms with Gasteiger partial charge in [0.05, 0.1) is 6.26 Å². The summed E-state index contributed by atoms with van der Waals surface area (Å²) in [5.74, 6) is 0.105. The second-order valence-corrected chi connectivity index (χ2v) is 7.64. The first kappa shape index (κ1) is 17.8. The lowest BCUT2D eigenvalue weighted by molar-refractivity contribution is -0.138. The molecule has 2 amide bonds. The number of fused-ring (bicyclic) bond motifs is 1. The maximum absolute atomic E-state index is 13.4. The van der Waals surface area contributed by atoms with Gasteiger partial charge in [-0.2, -0.15) is 0 Å². The summed E-state index contributed by atoms with van der Waals surface area (Å²) in [5.41, 5.74) is 2.25. The van der Waals surface area contributed by atoms with Gasteiger partial charge in [-0.1, -0.05) is 43.5 Å². The quantitative estimate of drug-likeness (QED) is 0.833. The Balaban J connectivity index is 1.62. The van der Waals surface area contributed by atoms with Gasteiger partial charge in [-0.25, -0.2) is 0 Å². The number of carbonyl (C=O) groups is 2. The van der Waals surface area contributed by atoms with Gasteiger partial charge in [0.15, 0.2) is 5.76 Å². The van der Waals surface area contributed by atoms with Crippen molar-refractivity contribution in [2.75, 3.05) is 7.05 Å². The van der Waals surface area contributed by atoms with E-state index in [1.807, 2.05) is 30.1 Å². The molecule has 1 aromatic heterocycles. The zero-order valence-corrected chi connectivity index (χ0v) is 15.8. The summed E-state index contributed by atoms with van der Waals surface area (Å²) in [6.45, 7) is 0.435. The highest BCUT2D eigenvalue weighted by Crippen LogP contribution is 2.28. The fourth-order valence-electron chi connectivity index (χ4n) is 4.38. The van der Waals surface area contributed by atoms with Crippen molar-refractivity contribution in [2.45, 2.75) is 57.2 Å². The van der Waals surface area contributed by atoms with Gasteiger partial charge >= 0.3 is 0 Å². The number of nitrogens with zero attached hydrogens (tertiary/aromatic N) is 2. The van der Waals surface area contributed by atoms with Crippen molar-refractivity contribution in [3.63, 3.8) is 0 Å². The molecule has 0 N–H and O–H groups in total. The van der Waals surface area contributed by atoms with E-state index in [9.17, 15) is 9.59 Å². The number of hydrogen-bond donors (Lipinski definition) is 0. The van der Waals surface area contributed by atoms with Crippen LogP contribution in [0, 0.1) is 0 Å². The number of likely N-dealkylation sites (N-methyl/N-ethyl adjacent to an activating group) is 1. The molecule has 1 unspecified atom stereocenters. The van der Waals surface area contributed by atoms with E-state index in [0.717, 1.165) is 24.0 Å². The summed E-state index contributed by atoms with van der Waals surface area (Å²) < 4.78 is 5.33. The molecule has 0 radical (unpaired) electrons. The van der Waals surface area contributed by atoms with Crippen molar-refractivity contribution >= 4 is 11.8 Å². The summed E-state index contributed by atoms with van der Waals surface area (Å²) in [6, 6.07) is 11.2. The highest BCUT2D eigenvalue weighted by atomic mass is 16.3. The van der Waals surface area contributed by atoms with E-state index in [1.165, 1.54) is 25.5 Å². The standard InChI is InChI=1S/C22H26N2O3/c1-23(18-10-3-2-4-11-18)21(25)19-14-16-8-5-6-9-17(16)15-24(19)22(26)20-12-7-13-27-20/h5-9,12-13,18-19H,2-4,10-11,14-15H2,1H3. The minimum absolute atomic E-state index is 0.0382. The summed E-state index contributed by atoms with van der Waals surface area (Å²) in [6.07, 6.45) is 7.75. The fraction of sp³-hybridized carbons (Fsp3) is 0.455. The van der Waals surface area contributed by atoms with Crippen LogP contribution < -0.4 is 0 Å². The molecule has 1 saturated carbocycles. The van der Waals surface area contributed by atoms with Crippen LogP contribution in [0.1, 0.15) is 53.8 Å². The van der Waals surface area contributed by atoms with E-state index < -0.39 is 6.04 Å². The Kier molecular flexibility index (Phi) is 5.01. The average Bonchev–Trinajstić information content (AvgIpc) is 3.26. The normalized spacial score (nSPS) is 20.2. The molecule has 5 heteroatoms. The zero-order chi connectivity index (χ0) is 18.8. The number of furan rings is 1. The first-order valence-corrected chi connectivity index (χ1v) is 9.83. The molecule has 1 aliphatic heterocycles. The van der Waals surface area contributed by atoms with E-state index in [2.05, 4.69) is 6.07 Å². The Morgan fingerprint density at radius 2 is 1.78 bits per heavy atom. The molecular weight excluding hydrogens is 340 g/mol. The van der Waals surface area contributed by atoms with Crippen molar-refractivity contribution in [1.29, 1.82) is 0 Å². The molecule has 1 fully saturated rings. The first-order chi connectivity index (χ1) is 13.1. The monoisotopic (exact) mass is 366 g/mol. The lowest BCUT2D eigenvalue weighted by Crippen LogP contribution is -2.54. The van der Waals surface area contributed by atoms with Crippen LogP contribution in [0.5, 0.6) is 0 Å². The molecule has 2 aromatic rings. The molecule has 2 heterocycles. The Morgan fingerprint density at radius 3 is 2.48 bits per heavy atom. The summed E-state index contributed by atoms with van der Waals surface area (Å²) in [7, 11) is 1.90. The Morgan fingerprint density at radius 1 is 1.04 bits per heavy atom. The van der Waals surface area contributed by atoms with Crippen molar-refractivity contribution in [2.24, 2.45) is 0 Å². The van der Waals surface area contributed by atoms with Crippen LogP contribution in [0.2, 0.25) is 0 Å².